The summed E-state index contributed by atoms with van der Waals surface area (Å²) in [7, 11) is 0. The molecule has 0 saturated carbocycles. The largest absolute Gasteiger partial charge is 0.310 e. The third-order valence-electron chi connectivity index (χ3n) is 3.94. The number of hydrogen-bond acceptors (Lipinski definition) is 2. The first-order valence-electron chi connectivity index (χ1n) is 6.62. The molecule has 106 valence electrons. The lowest BCUT2D eigenvalue weighted by Crippen LogP contribution is -2.34. The summed E-state index contributed by atoms with van der Waals surface area (Å²) >= 11 is 12.1. The van der Waals surface area contributed by atoms with Crippen molar-refractivity contribution in [3.8, 4) is 0 Å². The first-order valence-corrected chi connectivity index (χ1v) is 7.38. The number of benzene rings is 1. The average Bonchev–Trinajstić information content (AvgIpc) is 2.61. The van der Waals surface area contributed by atoms with Crippen LogP contribution in [-0.2, 0) is 6.54 Å². The number of rotatable bonds is 2. The summed E-state index contributed by atoms with van der Waals surface area (Å²) in [6.45, 7) is 3.25. The first-order chi connectivity index (χ1) is 8.69. The summed E-state index contributed by atoms with van der Waals surface area (Å²) in [6.07, 6.45) is 3.92. The number of halogens is 3. The van der Waals surface area contributed by atoms with Crippen molar-refractivity contribution in [2.75, 3.05) is 13.1 Å². The maximum Gasteiger partial charge on any atom is 0.0424 e. The summed E-state index contributed by atoms with van der Waals surface area (Å²) in [5.41, 5.74) is 1.21. The summed E-state index contributed by atoms with van der Waals surface area (Å²) in [5, 5.41) is 5.15. The molecule has 2 bridgehead atoms. The fourth-order valence-corrected chi connectivity index (χ4v) is 3.69. The minimum absolute atomic E-state index is 0. The van der Waals surface area contributed by atoms with E-state index in [9.17, 15) is 0 Å². The first kappa shape index (κ1) is 15.4. The fourth-order valence-electron chi connectivity index (χ4n) is 3.12. The zero-order chi connectivity index (χ0) is 12.5. The third kappa shape index (κ3) is 3.99. The van der Waals surface area contributed by atoms with Gasteiger partial charge in [-0.05, 0) is 43.0 Å². The quantitative estimate of drug-likeness (QED) is 0.892. The monoisotopic (exact) mass is 320 g/mol. The van der Waals surface area contributed by atoms with Crippen LogP contribution < -0.4 is 5.32 Å². The molecule has 1 aromatic rings. The molecule has 2 heterocycles. The Morgan fingerprint density at radius 1 is 1.05 bits per heavy atom. The molecule has 2 atom stereocenters. The topological polar surface area (TPSA) is 15.3 Å². The molecule has 2 nitrogen and oxygen atoms in total. The Morgan fingerprint density at radius 2 is 1.74 bits per heavy atom. The van der Waals surface area contributed by atoms with Crippen LogP contribution in [0, 0.1) is 0 Å². The van der Waals surface area contributed by atoms with Crippen molar-refractivity contribution in [1.82, 2.24) is 10.2 Å². The van der Waals surface area contributed by atoms with Gasteiger partial charge in [-0.2, -0.15) is 0 Å². The molecule has 19 heavy (non-hydrogen) atoms. The normalized spacial score (nSPS) is 26.8. The molecule has 2 unspecified atom stereocenters. The van der Waals surface area contributed by atoms with E-state index in [1.807, 2.05) is 12.1 Å². The van der Waals surface area contributed by atoms with Crippen LogP contribution in [0.25, 0.3) is 0 Å². The van der Waals surface area contributed by atoms with E-state index in [-0.39, 0.29) is 12.4 Å². The molecule has 2 aliphatic rings. The molecule has 0 aromatic heterocycles. The Labute approximate surface area is 130 Å². The summed E-state index contributed by atoms with van der Waals surface area (Å²) in [5.74, 6) is 0. The molecule has 0 spiro atoms. The van der Waals surface area contributed by atoms with Gasteiger partial charge < -0.3 is 5.32 Å². The lowest BCUT2D eigenvalue weighted by molar-refractivity contribution is 0.251. The van der Waals surface area contributed by atoms with Gasteiger partial charge in [-0.25, -0.2) is 0 Å². The van der Waals surface area contributed by atoms with E-state index < -0.39 is 0 Å². The summed E-state index contributed by atoms with van der Waals surface area (Å²) in [6, 6.07) is 7.24. The van der Waals surface area contributed by atoms with Gasteiger partial charge in [0.2, 0.25) is 0 Å². The molecule has 0 amide bonds. The zero-order valence-corrected chi connectivity index (χ0v) is 13.1. The molecule has 1 N–H and O–H groups in total. The van der Waals surface area contributed by atoms with Crippen molar-refractivity contribution in [3.05, 3.63) is 33.8 Å². The van der Waals surface area contributed by atoms with Gasteiger partial charge in [-0.3, -0.25) is 4.90 Å². The van der Waals surface area contributed by atoms with Gasteiger partial charge in [0, 0.05) is 41.8 Å². The van der Waals surface area contributed by atoms with Crippen LogP contribution in [0.4, 0.5) is 0 Å². The van der Waals surface area contributed by atoms with Crippen molar-refractivity contribution >= 4 is 35.6 Å². The van der Waals surface area contributed by atoms with E-state index in [2.05, 4.69) is 10.2 Å². The highest BCUT2D eigenvalue weighted by atomic mass is 35.5. The molecule has 5 heteroatoms. The average molecular weight is 322 g/mol. The maximum atomic E-state index is 6.05. The number of nitrogens with zero attached hydrogens (tertiary/aromatic N) is 1. The van der Waals surface area contributed by atoms with Crippen molar-refractivity contribution in [2.24, 2.45) is 0 Å². The predicted molar refractivity (Wildman–Crippen MR) is 83.5 cm³/mol. The molecule has 0 radical (unpaired) electrons. The molecule has 3 rings (SSSR count). The van der Waals surface area contributed by atoms with E-state index in [1.165, 1.54) is 24.8 Å². The second kappa shape index (κ2) is 6.64. The van der Waals surface area contributed by atoms with Gasteiger partial charge in [0.05, 0.1) is 0 Å². The van der Waals surface area contributed by atoms with E-state index in [0.717, 1.165) is 35.7 Å². The lowest BCUT2D eigenvalue weighted by Gasteiger charge is -2.24. The van der Waals surface area contributed by atoms with E-state index >= 15 is 0 Å². The Hall–Kier alpha value is 0.01000. The highest BCUT2D eigenvalue weighted by Gasteiger charge is 2.29. The van der Waals surface area contributed by atoms with Crippen molar-refractivity contribution in [1.29, 1.82) is 0 Å². The van der Waals surface area contributed by atoms with Crippen molar-refractivity contribution < 1.29 is 0 Å². The van der Waals surface area contributed by atoms with Crippen LogP contribution in [0.2, 0.25) is 10.0 Å². The highest BCUT2D eigenvalue weighted by molar-refractivity contribution is 6.34. The molecular weight excluding hydrogens is 303 g/mol. The predicted octanol–water partition coefficient (Wildman–Crippen LogP) is 3.74. The second-order valence-corrected chi connectivity index (χ2v) is 6.31. The van der Waals surface area contributed by atoms with Crippen LogP contribution in [0.15, 0.2) is 18.2 Å². The van der Waals surface area contributed by atoms with Crippen LogP contribution >= 0.6 is 35.6 Å². The number of hydrogen-bond donors (Lipinski definition) is 1. The van der Waals surface area contributed by atoms with Gasteiger partial charge in [0.1, 0.15) is 0 Å². The van der Waals surface area contributed by atoms with Crippen molar-refractivity contribution in [3.63, 3.8) is 0 Å². The Kier molecular flexibility index (Phi) is 5.38. The minimum atomic E-state index is 0. The minimum Gasteiger partial charge on any atom is -0.310 e. The van der Waals surface area contributed by atoms with E-state index in [1.54, 1.807) is 6.07 Å². The molecule has 1 aromatic carbocycles. The van der Waals surface area contributed by atoms with Gasteiger partial charge in [0.15, 0.2) is 0 Å². The summed E-state index contributed by atoms with van der Waals surface area (Å²) in [4.78, 5) is 2.51. The van der Waals surface area contributed by atoms with Gasteiger partial charge in [0.25, 0.3) is 0 Å². The molecule has 0 aliphatic carbocycles. The van der Waals surface area contributed by atoms with Crippen LogP contribution in [0.1, 0.15) is 24.8 Å². The Balaban J connectivity index is 0.00000133. The maximum absolute atomic E-state index is 6.05. The zero-order valence-electron chi connectivity index (χ0n) is 10.7. The molecular formula is C14H19Cl3N2. The van der Waals surface area contributed by atoms with Crippen molar-refractivity contribution in [2.45, 2.75) is 37.9 Å². The van der Waals surface area contributed by atoms with E-state index in [4.69, 9.17) is 23.2 Å². The van der Waals surface area contributed by atoms with Gasteiger partial charge >= 0.3 is 0 Å². The van der Waals surface area contributed by atoms with Crippen LogP contribution in [0.3, 0.4) is 0 Å². The van der Waals surface area contributed by atoms with Crippen LogP contribution in [-0.4, -0.2) is 30.1 Å². The molecule has 2 fully saturated rings. The Morgan fingerprint density at radius 3 is 2.47 bits per heavy atom. The standard InChI is InChI=1S/C14H18Cl2N2.ClH/c15-11-5-10(6-12(16)7-11)8-18-4-3-13-1-2-14(9-18)17-13;/h5-7,13-14,17H,1-4,8-9H2;1H. The number of likely N-dealkylation sites (tertiary alicyclic amines) is 1. The smallest absolute Gasteiger partial charge is 0.0424 e. The van der Waals surface area contributed by atoms with Gasteiger partial charge in [-0.1, -0.05) is 23.2 Å². The summed E-state index contributed by atoms with van der Waals surface area (Å²) < 4.78 is 0. The SMILES string of the molecule is Cl.Clc1cc(Cl)cc(CN2CCC3CCC(C2)N3)c1. The Bertz CT molecular complexity index is 418. The van der Waals surface area contributed by atoms with E-state index in [0.29, 0.717) is 6.04 Å². The lowest BCUT2D eigenvalue weighted by atomic mass is 10.1. The highest BCUT2D eigenvalue weighted by Crippen LogP contribution is 2.24. The number of fused-ring (bicyclic) bond motifs is 2. The second-order valence-electron chi connectivity index (χ2n) is 5.44. The fraction of sp³-hybridized carbons (Fsp3) is 0.571. The third-order valence-corrected chi connectivity index (χ3v) is 4.37. The molecule has 2 aliphatic heterocycles. The van der Waals surface area contributed by atoms with Crippen LogP contribution in [0.5, 0.6) is 0 Å². The molecule has 2 saturated heterocycles. The van der Waals surface area contributed by atoms with Gasteiger partial charge in [-0.15, -0.1) is 12.4 Å². The number of nitrogens with one attached hydrogen (secondary N) is 1.